The maximum absolute atomic E-state index is 12.7. The lowest BCUT2D eigenvalue weighted by Crippen LogP contribution is -2.48. The zero-order valence-electron chi connectivity index (χ0n) is 15.4. The van der Waals surface area contributed by atoms with Gasteiger partial charge in [-0.15, -0.1) is 0 Å². The largest absolute Gasteiger partial charge is 0.350 e. The number of hydrogen-bond donors (Lipinski definition) is 1. The molecule has 2 rings (SSSR count). The molecule has 0 aliphatic heterocycles. The molecular weight excluding hydrogens is 348 g/mol. The highest BCUT2D eigenvalue weighted by Gasteiger charge is 2.27. The topological polar surface area (TPSA) is 49.4 Å². The molecule has 0 aliphatic rings. The molecule has 0 saturated carbocycles. The normalized spacial score (nSPS) is 11.9. The summed E-state index contributed by atoms with van der Waals surface area (Å²) in [4.78, 5) is 26.9. The Morgan fingerprint density at radius 2 is 1.58 bits per heavy atom. The van der Waals surface area contributed by atoms with Crippen molar-refractivity contribution in [3.05, 3.63) is 70.7 Å². The first-order valence-electron chi connectivity index (χ1n) is 8.75. The Bertz CT molecular complexity index is 729. The van der Waals surface area contributed by atoms with Gasteiger partial charge in [-0.1, -0.05) is 67.9 Å². The van der Waals surface area contributed by atoms with Gasteiger partial charge < -0.3 is 10.2 Å². The summed E-state index contributed by atoms with van der Waals surface area (Å²) in [6.07, 6.45) is 0. The van der Waals surface area contributed by atoms with Crippen molar-refractivity contribution in [1.29, 1.82) is 0 Å². The average molecular weight is 373 g/mol. The third-order valence-corrected chi connectivity index (χ3v) is 4.45. The molecule has 4 nitrogen and oxygen atoms in total. The van der Waals surface area contributed by atoms with E-state index in [1.165, 1.54) is 0 Å². The van der Waals surface area contributed by atoms with Gasteiger partial charge in [0.2, 0.25) is 11.8 Å². The number of carbonyl (C=O) groups is 2. The molecule has 0 spiro atoms. The van der Waals surface area contributed by atoms with E-state index in [2.05, 4.69) is 5.32 Å². The van der Waals surface area contributed by atoms with E-state index in [4.69, 9.17) is 11.6 Å². The minimum Gasteiger partial charge on any atom is -0.350 e. The summed E-state index contributed by atoms with van der Waals surface area (Å²) in [5, 5.41) is 3.56. The molecule has 0 fully saturated rings. The predicted molar refractivity (Wildman–Crippen MR) is 105 cm³/mol. The summed E-state index contributed by atoms with van der Waals surface area (Å²) in [6, 6.07) is 16.5. The Morgan fingerprint density at radius 1 is 0.962 bits per heavy atom. The van der Waals surface area contributed by atoms with Crippen LogP contribution in [0.1, 0.15) is 31.9 Å². The van der Waals surface area contributed by atoms with Crippen LogP contribution in [0, 0.1) is 5.92 Å². The van der Waals surface area contributed by atoms with Gasteiger partial charge in [0.25, 0.3) is 0 Å². The Balaban J connectivity index is 2.08. The molecule has 1 atom stereocenters. The number of nitrogens with zero attached hydrogens (tertiary/aromatic N) is 1. The first kappa shape index (κ1) is 20.0. The van der Waals surface area contributed by atoms with Gasteiger partial charge in [0.15, 0.2) is 0 Å². The van der Waals surface area contributed by atoms with Crippen molar-refractivity contribution in [3.8, 4) is 0 Å². The second-order valence-corrected chi connectivity index (χ2v) is 7.06. The molecule has 1 N–H and O–H groups in total. The number of halogens is 1. The van der Waals surface area contributed by atoms with E-state index in [0.29, 0.717) is 18.1 Å². The molecule has 0 aliphatic carbocycles. The van der Waals surface area contributed by atoms with E-state index < -0.39 is 6.04 Å². The third-order valence-electron chi connectivity index (χ3n) is 4.20. The van der Waals surface area contributed by atoms with Gasteiger partial charge in [-0.25, -0.2) is 0 Å². The second-order valence-electron chi connectivity index (χ2n) is 6.63. The lowest BCUT2D eigenvalue weighted by atomic mass is 10.1. The maximum atomic E-state index is 12.7. The van der Waals surface area contributed by atoms with Crippen LogP contribution in [0.3, 0.4) is 0 Å². The van der Waals surface area contributed by atoms with Gasteiger partial charge in [-0.05, 0) is 30.2 Å². The van der Waals surface area contributed by atoms with Crippen molar-refractivity contribution in [2.24, 2.45) is 5.92 Å². The number of carbonyl (C=O) groups excluding carboxylic acids is 2. The van der Waals surface area contributed by atoms with Crippen molar-refractivity contribution in [3.63, 3.8) is 0 Å². The summed E-state index contributed by atoms with van der Waals surface area (Å²) in [5.41, 5.74) is 1.96. The SMILES string of the molecule is CC(C)C(=O)N(Cc1ccc(Cl)cc1)[C@H](C)C(=O)NCc1ccccc1. The molecule has 2 amide bonds. The summed E-state index contributed by atoms with van der Waals surface area (Å²) < 4.78 is 0. The van der Waals surface area contributed by atoms with Crippen LogP contribution in [0.5, 0.6) is 0 Å². The minimum absolute atomic E-state index is 0.0534. The molecule has 0 heterocycles. The maximum Gasteiger partial charge on any atom is 0.242 e. The summed E-state index contributed by atoms with van der Waals surface area (Å²) in [5.74, 6) is -0.411. The molecule has 0 aromatic heterocycles. The standard InChI is InChI=1S/C21H25ClN2O2/c1-15(2)21(26)24(14-18-9-11-19(22)12-10-18)16(3)20(25)23-13-17-7-5-4-6-8-17/h4-12,15-16H,13-14H2,1-3H3,(H,23,25)/t16-/m1/s1. The second kappa shape index (κ2) is 9.39. The lowest BCUT2D eigenvalue weighted by molar-refractivity contribution is -0.143. The van der Waals surface area contributed by atoms with E-state index in [9.17, 15) is 9.59 Å². The van der Waals surface area contributed by atoms with Crippen molar-refractivity contribution < 1.29 is 9.59 Å². The van der Waals surface area contributed by atoms with Crippen LogP contribution in [-0.4, -0.2) is 22.8 Å². The Morgan fingerprint density at radius 3 is 2.15 bits per heavy atom. The van der Waals surface area contributed by atoms with Crippen molar-refractivity contribution in [1.82, 2.24) is 10.2 Å². The summed E-state index contributed by atoms with van der Waals surface area (Å²) >= 11 is 5.93. The number of hydrogen-bond acceptors (Lipinski definition) is 2. The average Bonchev–Trinajstić information content (AvgIpc) is 2.65. The number of rotatable bonds is 7. The van der Waals surface area contributed by atoms with Crippen LogP contribution in [-0.2, 0) is 22.7 Å². The van der Waals surface area contributed by atoms with Gasteiger partial charge in [-0.2, -0.15) is 0 Å². The van der Waals surface area contributed by atoms with E-state index >= 15 is 0 Å². The molecule has 5 heteroatoms. The van der Waals surface area contributed by atoms with Crippen LogP contribution in [0.15, 0.2) is 54.6 Å². The zero-order valence-corrected chi connectivity index (χ0v) is 16.2. The molecule has 0 saturated heterocycles. The van der Waals surface area contributed by atoms with Crippen LogP contribution in [0.2, 0.25) is 5.02 Å². The van der Waals surface area contributed by atoms with Crippen molar-refractivity contribution in [2.75, 3.05) is 0 Å². The quantitative estimate of drug-likeness (QED) is 0.797. The molecule has 26 heavy (non-hydrogen) atoms. The van der Waals surface area contributed by atoms with Crippen molar-refractivity contribution in [2.45, 2.75) is 39.9 Å². The smallest absolute Gasteiger partial charge is 0.242 e. The summed E-state index contributed by atoms with van der Waals surface area (Å²) in [6.45, 7) is 6.25. The Labute approximate surface area is 160 Å². The van der Waals surface area contributed by atoms with Gasteiger partial charge in [-0.3, -0.25) is 9.59 Å². The first-order chi connectivity index (χ1) is 12.4. The monoisotopic (exact) mass is 372 g/mol. The minimum atomic E-state index is -0.565. The zero-order chi connectivity index (χ0) is 19.1. The fraction of sp³-hybridized carbons (Fsp3) is 0.333. The molecule has 0 unspecified atom stereocenters. The Kier molecular flexibility index (Phi) is 7.22. The van der Waals surface area contributed by atoms with E-state index in [-0.39, 0.29) is 17.7 Å². The highest BCUT2D eigenvalue weighted by atomic mass is 35.5. The van der Waals surface area contributed by atoms with Crippen LogP contribution in [0.4, 0.5) is 0 Å². The number of nitrogens with one attached hydrogen (secondary N) is 1. The molecule has 2 aromatic rings. The van der Waals surface area contributed by atoms with Gasteiger partial charge >= 0.3 is 0 Å². The fourth-order valence-electron chi connectivity index (χ4n) is 2.60. The predicted octanol–water partition coefficient (Wildman–Crippen LogP) is 4.03. The van der Waals surface area contributed by atoms with E-state index in [0.717, 1.165) is 11.1 Å². The fourth-order valence-corrected chi connectivity index (χ4v) is 2.72. The van der Waals surface area contributed by atoms with E-state index in [1.807, 2.05) is 56.3 Å². The number of amides is 2. The van der Waals surface area contributed by atoms with Gasteiger partial charge in [0.1, 0.15) is 6.04 Å². The molecule has 2 aromatic carbocycles. The molecule has 138 valence electrons. The van der Waals surface area contributed by atoms with Gasteiger partial charge in [0.05, 0.1) is 0 Å². The van der Waals surface area contributed by atoms with Crippen LogP contribution >= 0.6 is 11.6 Å². The summed E-state index contributed by atoms with van der Waals surface area (Å²) in [7, 11) is 0. The lowest BCUT2D eigenvalue weighted by Gasteiger charge is -2.30. The number of benzene rings is 2. The molecule has 0 radical (unpaired) electrons. The molecule has 0 bridgehead atoms. The Hall–Kier alpha value is -2.33. The third kappa shape index (κ3) is 5.60. The van der Waals surface area contributed by atoms with E-state index in [1.54, 1.807) is 24.0 Å². The molecular formula is C21H25ClN2O2. The highest BCUT2D eigenvalue weighted by Crippen LogP contribution is 2.16. The van der Waals surface area contributed by atoms with Crippen LogP contribution in [0.25, 0.3) is 0 Å². The van der Waals surface area contributed by atoms with Gasteiger partial charge in [0, 0.05) is 24.0 Å². The first-order valence-corrected chi connectivity index (χ1v) is 9.13. The van der Waals surface area contributed by atoms with Crippen molar-refractivity contribution >= 4 is 23.4 Å². The highest BCUT2D eigenvalue weighted by molar-refractivity contribution is 6.30. The van der Waals surface area contributed by atoms with Crippen LogP contribution < -0.4 is 5.32 Å².